The molecule has 13 heavy (non-hydrogen) atoms. The molecule has 0 aromatic carbocycles. The number of nitrogens with zero attached hydrogens (tertiary/aromatic N) is 1. The van der Waals surface area contributed by atoms with Gasteiger partial charge in [0.25, 0.3) is 6.43 Å². The van der Waals surface area contributed by atoms with Crippen LogP contribution in [0.25, 0.3) is 0 Å². The molecule has 0 atom stereocenters. The number of alkyl halides is 2. The second-order valence-electron chi connectivity index (χ2n) is 2.15. The average molecular weight is 210 g/mol. The lowest BCUT2D eigenvalue weighted by molar-refractivity contribution is 0.112. The highest BCUT2D eigenvalue weighted by Gasteiger charge is 2.21. The maximum atomic E-state index is 12.6. The van der Waals surface area contributed by atoms with Crippen LogP contribution in [0, 0.1) is 5.95 Å². The zero-order valence-electron chi connectivity index (χ0n) is 6.10. The van der Waals surface area contributed by atoms with Crippen molar-refractivity contribution in [3.8, 4) is 0 Å². The standard InChI is InChI=1S/C7H3ClF3NO/c8-5-3(2-13)1-12-7(11)4(5)6(9)10/h1-2,6H. The van der Waals surface area contributed by atoms with Crippen molar-refractivity contribution < 1.29 is 18.0 Å². The summed E-state index contributed by atoms with van der Waals surface area (Å²) >= 11 is 5.32. The van der Waals surface area contributed by atoms with Crippen LogP contribution in [0.15, 0.2) is 6.20 Å². The van der Waals surface area contributed by atoms with Crippen molar-refractivity contribution in [2.45, 2.75) is 6.43 Å². The first-order valence-electron chi connectivity index (χ1n) is 3.15. The summed E-state index contributed by atoms with van der Waals surface area (Å²) in [7, 11) is 0. The van der Waals surface area contributed by atoms with Crippen LogP contribution in [-0.2, 0) is 0 Å². The molecule has 2 nitrogen and oxygen atoms in total. The molecule has 0 spiro atoms. The molecule has 0 amide bonds. The molecular weight excluding hydrogens is 207 g/mol. The maximum absolute atomic E-state index is 12.6. The molecular formula is C7H3ClF3NO. The summed E-state index contributed by atoms with van der Waals surface area (Å²) in [5.74, 6) is -1.36. The highest BCUT2D eigenvalue weighted by Crippen LogP contribution is 2.30. The van der Waals surface area contributed by atoms with Gasteiger partial charge in [-0.15, -0.1) is 0 Å². The number of pyridine rings is 1. The van der Waals surface area contributed by atoms with E-state index < -0.39 is 23.0 Å². The second kappa shape index (κ2) is 3.74. The Morgan fingerprint density at radius 3 is 2.62 bits per heavy atom. The number of hydrogen-bond acceptors (Lipinski definition) is 2. The Hall–Kier alpha value is -1.10. The molecule has 0 saturated heterocycles. The number of carbonyl (C=O) groups is 1. The molecule has 1 aromatic heterocycles. The molecule has 1 rings (SSSR count). The van der Waals surface area contributed by atoms with E-state index in [1.807, 2.05) is 0 Å². The average Bonchev–Trinajstić information content (AvgIpc) is 2.04. The van der Waals surface area contributed by atoms with E-state index in [9.17, 15) is 18.0 Å². The number of halogens is 4. The lowest BCUT2D eigenvalue weighted by atomic mass is 10.2. The zero-order chi connectivity index (χ0) is 10.0. The molecule has 6 heteroatoms. The lowest BCUT2D eigenvalue weighted by Crippen LogP contribution is -1.99. The molecule has 0 radical (unpaired) electrons. The van der Waals surface area contributed by atoms with Gasteiger partial charge < -0.3 is 0 Å². The number of rotatable bonds is 2. The summed E-state index contributed by atoms with van der Waals surface area (Å²) in [6.45, 7) is 0. The minimum Gasteiger partial charge on any atom is -0.298 e. The van der Waals surface area contributed by atoms with E-state index in [-0.39, 0.29) is 11.8 Å². The van der Waals surface area contributed by atoms with Gasteiger partial charge in [0.15, 0.2) is 6.29 Å². The van der Waals surface area contributed by atoms with Gasteiger partial charge in [-0.2, -0.15) is 4.39 Å². The van der Waals surface area contributed by atoms with Crippen LogP contribution in [0.4, 0.5) is 13.2 Å². The number of aromatic nitrogens is 1. The number of hydrogen-bond donors (Lipinski definition) is 0. The first-order chi connectivity index (χ1) is 6.07. The minimum atomic E-state index is -3.08. The van der Waals surface area contributed by atoms with Crippen molar-refractivity contribution in [3.05, 3.63) is 28.3 Å². The second-order valence-corrected chi connectivity index (χ2v) is 2.53. The van der Waals surface area contributed by atoms with E-state index in [1.165, 1.54) is 0 Å². The Balaban J connectivity index is 3.38. The lowest BCUT2D eigenvalue weighted by Gasteiger charge is -2.04. The van der Waals surface area contributed by atoms with Crippen molar-refractivity contribution in [1.82, 2.24) is 4.98 Å². The predicted octanol–water partition coefficient (Wildman–Crippen LogP) is 2.62. The van der Waals surface area contributed by atoms with Gasteiger partial charge >= 0.3 is 0 Å². The quantitative estimate of drug-likeness (QED) is 0.554. The smallest absolute Gasteiger partial charge is 0.269 e. The summed E-state index contributed by atoms with van der Waals surface area (Å²) in [5, 5.41) is -0.586. The minimum absolute atomic E-state index is 0.237. The summed E-state index contributed by atoms with van der Waals surface area (Å²) in [4.78, 5) is 13.2. The first kappa shape index (κ1) is 9.98. The van der Waals surface area contributed by atoms with Crippen LogP contribution in [0.3, 0.4) is 0 Å². The molecule has 70 valence electrons. The fourth-order valence-electron chi connectivity index (χ4n) is 0.766. The Morgan fingerprint density at radius 1 is 1.54 bits per heavy atom. The molecule has 0 bridgehead atoms. The van der Waals surface area contributed by atoms with Gasteiger partial charge in [-0.25, -0.2) is 13.8 Å². The van der Waals surface area contributed by atoms with Gasteiger partial charge in [0, 0.05) is 6.20 Å². The number of carbonyl (C=O) groups excluding carboxylic acids is 1. The molecule has 0 aliphatic heterocycles. The molecule has 0 aliphatic carbocycles. The Kier molecular flexibility index (Phi) is 2.87. The molecule has 0 N–H and O–H groups in total. The van der Waals surface area contributed by atoms with Gasteiger partial charge in [-0.05, 0) is 0 Å². The summed E-state index contributed by atoms with van der Waals surface area (Å²) in [6, 6.07) is 0. The number of aldehydes is 1. The van der Waals surface area contributed by atoms with E-state index in [0.717, 1.165) is 6.20 Å². The predicted molar refractivity (Wildman–Crippen MR) is 39.5 cm³/mol. The van der Waals surface area contributed by atoms with Gasteiger partial charge in [-0.3, -0.25) is 4.79 Å². The highest BCUT2D eigenvalue weighted by atomic mass is 35.5. The molecule has 0 aliphatic rings. The SMILES string of the molecule is O=Cc1cnc(F)c(C(F)F)c1Cl. The van der Waals surface area contributed by atoms with Crippen molar-refractivity contribution >= 4 is 17.9 Å². The summed E-state index contributed by atoms with van der Waals surface area (Å²) in [5.41, 5.74) is -1.29. The van der Waals surface area contributed by atoms with Crippen molar-refractivity contribution in [2.75, 3.05) is 0 Å². The third-order valence-corrected chi connectivity index (χ3v) is 1.80. The zero-order valence-corrected chi connectivity index (χ0v) is 6.86. The van der Waals surface area contributed by atoms with Crippen molar-refractivity contribution in [2.24, 2.45) is 0 Å². The van der Waals surface area contributed by atoms with Crippen LogP contribution in [0.1, 0.15) is 22.3 Å². The molecule has 1 aromatic rings. The third kappa shape index (κ3) is 1.80. The van der Waals surface area contributed by atoms with Gasteiger partial charge in [-0.1, -0.05) is 11.6 Å². The van der Waals surface area contributed by atoms with Crippen LogP contribution in [0.5, 0.6) is 0 Å². The maximum Gasteiger partial charge on any atom is 0.269 e. The van der Waals surface area contributed by atoms with Gasteiger partial charge in [0.1, 0.15) is 0 Å². The molecule has 0 fully saturated rings. The van der Waals surface area contributed by atoms with Crippen LogP contribution in [0.2, 0.25) is 5.02 Å². The first-order valence-corrected chi connectivity index (χ1v) is 3.53. The fourth-order valence-corrected chi connectivity index (χ4v) is 1.02. The molecule has 0 unspecified atom stereocenters. The topological polar surface area (TPSA) is 30.0 Å². The Bertz CT molecular complexity index is 343. The van der Waals surface area contributed by atoms with Crippen molar-refractivity contribution in [3.63, 3.8) is 0 Å². The normalized spacial score (nSPS) is 10.5. The van der Waals surface area contributed by atoms with Crippen LogP contribution >= 0.6 is 11.6 Å². The van der Waals surface area contributed by atoms with Gasteiger partial charge in [0.05, 0.1) is 16.1 Å². The van der Waals surface area contributed by atoms with E-state index in [2.05, 4.69) is 4.98 Å². The van der Waals surface area contributed by atoms with Crippen molar-refractivity contribution in [1.29, 1.82) is 0 Å². The van der Waals surface area contributed by atoms with E-state index in [1.54, 1.807) is 0 Å². The molecule has 1 heterocycles. The third-order valence-electron chi connectivity index (χ3n) is 1.37. The van der Waals surface area contributed by atoms with Gasteiger partial charge in [0.2, 0.25) is 5.95 Å². The Labute approximate surface area is 76.3 Å². The highest BCUT2D eigenvalue weighted by molar-refractivity contribution is 6.33. The van der Waals surface area contributed by atoms with E-state index in [0.29, 0.717) is 0 Å². The van der Waals surface area contributed by atoms with Crippen LogP contribution in [-0.4, -0.2) is 11.3 Å². The van der Waals surface area contributed by atoms with Crippen LogP contribution < -0.4 is 0 Å². The Morgan fingerprint density at radius 2 is 2.15 bits per heavy atom. The van der Waals surface area contributed by atoms with E-state index in [4.69, 9.17) is 11.6 Å². The van der Waals surface area contributed by atoms with E-state index >= 15 is 0 Å². The summed E-state index contributed by atoms with van der Waals surface area (Å²) in [6.07, 6.45) is -2.04. The molecule has 0 saturated carbocycles. The largest absolute Gasteiger partial charge is 0.298 e. The monoisotopic (exact) mass is 209 g/mol. The fraction of sp³-hybridized carbons (Fsp3) is 0.143. The summed E-state index contributed by atoms with van der Waals surface area (Å²) < 4.78 is 36.9.